The smallest absolute Gasteiger partial charge is 0.408 e. The number of rotatable bonds is 7. The van der Waals surface area contributed by atoms with Gasteiger partial charge in [-0.2, -0.15) is 0 Å². The molecule has 0 unspecified atom stereocenters. The zero-order chi connectivity index (χ0) is 30.2. The van der Waals surface area contributed by atoms with Gasteiger partial charge in [0.05, 0.1) is 16.8 Å². The molecule has 1 saturated carbocycles. The molecule has 1 amide bonds. The number of aromatic nitrogens is 4. The molecule has 3 aromatic heterocycles. The molecule has 1 aliphatic rings. The number of nitrogens with zero attached hydrogens (tertiary/aromatic N) is 4. The topological polar surface area (TPSA) is 134 Å². The number of hydrogen-bond donors (Lipinski definition) is 3. The van der Waals surface area contributed by atoms with Crippen LogP contribution in [-0.4, -0.2) is 37.8 Å². The molecule has 0 atom stereocenters. The van der Waals surface area contributed by atoms with Crippen molar-refractivity contribution in [1.82, 2.24) is 24.8 Å². The molecular weight excluding hydrogens is 538 g/mol. The molecule has 1 aliphatic carbocycles. The molecule has 0 spiro atoms. The van der Waals surface area contributed by atoms with Gasteiger partial charge in [0.2, 0.25) is 0 Å². The van der Waals surface area contributed by atoms with Crippen LogP contribution in [0, 0.1) is 0 Å². The Balaban J connectivity index is 1.44. The van der Waals surface area contributed by atoms with E-state index >= 15 is 0 Å². The summed E-state index contributed by atoms with van der Waals surface area (Å²) in [5.74, 6) is 1.04. The van der Waals surface area contributed by atoms with Crippen LogP contribution in [0.2, 0.25) is 0 Å². The van der Waals surface area contributed by atoms with Crippen LogP contribution in [0.1, 0.15) is 51.2 Å². The summed E-state index contributed by atoms with van der Waals surface area (Å²) >= 11 is 0. The molecule has 43 heavy (non-hydrogen) atoms. The van der Waals surface area contributed by atoms with Gasteiger partial charge in [0, 0.05) is 17.4 Å². The maximum Gasteiger partial charge on any atom is 0.408 e. The minimum Gasteiger partial charge on any atom is -0.444 e. The highest BCUT2D eigenvalue weighted by atomic mass is 16.6. The number of carbonyl (C=O) groups excluding carboxylic acids is 1. The number of anilines is 1. The molecule has 6 rings (SSSR count). The summed E-state index contributed by atoms with van der Waals surface area (Å²) in [5, 5.41) is 3.15. The van der Waals surface area contributed by atoms with Crippen LogP contribution in [0.3, 0.4) is 0 Å². The maximum atomic E-state index is 12.7. The van der Waals surface area contributed by atoms with Crippen molar-refractivity contribution < 1.29 is 9.53 Å². The van der Waals surface area contributed by atoms with E-state index in [9.17, 15) is 4.79 Å². The lowest BCUT2D eigenvalue weighted by atomic mass is 9.72. The fourth-order valence-corrected chi connectivity index (χ4v) is 5.65. The number of nitrogen functional groups attached to an aromatic ring is 1. The first-order chi connectivity index (χ1) is 20.7. The van der Waals surface area contributed by atoms with E-state index in [1.807, 2.05) is 67.8 Å². The van der Waals surface area contributed by atoms with Crippen molar-refractivity contribution in [3.8, 4) is 28.3 Å². The van der Waals surface area contributed by atoms with E-state index in [1.54, 1.807) is 6.20 Å². The number of nitrogens with two attached hydrogens (primary N) is 2. The van der Waals surface area contributed by atoms with Gasteiger partial charge in [-0.1, -0.05) is 30.3 Å². The molecule has 0 radical (unpaired) electrons. The van der Waals surface area contributed by atoms with Gasteiger partial charge in [0.25, 0.3) is 0 Å². The minimum atomic E-state index is -0.566. The van der Waals surface area contributed by atoms with Gasteiger partial charge >= 0.3 is 6.09 Å². The maximum absolute atomic E-state index is 12.7. The summed E-state index contributed by atoms with van der Waals surface area (Å²) in [6.07, 6.45) is 4.80. The van der Waals surface area contributed by atoms with Crippen LogP contribution in [0.15, 0.2) is 79.0 Å². The van der Waals surface area contributed by atoms with E-state index in [4.69, 9.17) is 26.2 Å². The lowest BCUT2D eigenvalue weighted by Gasteiger charge is -2.43. The Kier molecular flexibility index (Phi) is 7.35. The molecule has 5 aromatic rings. The molecule has 5 N–H and O–H groups in total. The van der Waals surface area contributed by atoms with Gasteiger partial charge in [-0.25, -0.2) is 19.7 Å². The Hall–Kier alpha value is -4.76. The van der Waals surface area contributed by atoms with Crippen LogP contribution in [0.25, 0.3) is 39.5 Å². The fourth-order valence-electron chi connectivity index (χ4n) is 5.65. The van der Waals surface area contributed by atoms with Crippen molar-refractivity contribution in [2.24, 2.45) is 5.73 Å². The van der Waals surface area contributed by atoms with Crippen LogP contribution in [-0.2, 0) is 16.7 Å². The molecule has 9 heteroatoms. The second-order valence-corrected chi connectivity index (χ2v) is 12.1. The molecule has 0 bridgehead atoms. The predicted octanol–water partition coefficient (Wildman–Crippen LogP) is 6.14. The molecule has 3 heterocycles. The quantitative estimate of drug-likeness (QED) is 0.212. The number of hydrogen-bond acceptors (Lipinski definition) is 7. The highest BCUT2D eigenvalue weighted by molar-refractivity contribution is 5.84. The molecular formula is C34H37N7O2. The molecule has 0 aliphatic heterocycles. The zero-order valence-electron chi connectivity index (χ0n) is 24.8. The zero-order valence-corrected chi connectivity index (χ0v) is 24.8. The van der Waals surface area contributed by atoms with Crippen molar-refractivity contribution in [1.29, 1.82) is 0 Å². The Morgan fingerprint density at radius 1 is 1.02 bits per heavy atom. The Morgan fingerprint density at radius 3 is 2.49 bits per heavy atom. The molecule has 1 fully saturated rings. The number of benzene rings is 2. The third-order valence-electron chi connectivity index (χ3n) is 7.87. The average Bonchev–Trinajstić information content (AvgIpc) is 3.33. The Bertz CT molecular complexity index is 1780. The summed E-state index contributed by atoms with van der Waals surface area (Å²) in [6, 6.07) is 24.3. The van der Waals surface area contributed by atoms with Crippen LogP contribution < -0.4 is 16.8 Å². The monoisotopic (exact) mass is 575 g/mol. The lowest BCUT2D eigenvalue weighted by Crippen LogP contribution is -2.52. The van der Waals surface area contributed by atoms with Gasteiger partial charge in [-0.15, -0.1) is 0 Å². The summed E-state index contributed by atoms with van der Waals surface area (Å²) in [4.78, 5) is 27.1. The second kappa shape index (κ2) is 11.1. The molecule has 220 valence electrons. The van der Waals surface area contributed by atoms with Crippen molar-refractivity contribution in [2.45, 2.75) is 57.6 Å². The summed E-state index contributed by atoms with van der Waals surface area (Å²) in [6.45, 7) is 6.19. The number of pyridine rings is 2. The summed E-state index contributed by atoms with van der Waals surface area (Å²) < 4.78 is 7.59. The summed E-state index contributed by atoms with van der Waals surface area (Å²) in [5.41, 5.74) is 18.2. The fraction of sp³-hybridized carbons (Fsp3) is 0.294. The number of ether oxygens (including phenoxy) is 1. The van der Waals surface area contributed by atoms with E-state index in [2.05, 4.69) is 40.6 Å². The van der Waals surface area contributed by atoms with Crippen LogP contribution in [0.5, 0.6) is 0 Å². The number of carbonyl (C=O) groups is 1. The highest BCUT2D eigenvalue weighted by Gasteiger charge is 2.41. The highest BCUT2D eigenvalue weighted by Crippen LogP contribution is 2.42. The van der Waals surface area contributed by atoms with E-state index in [-0.39, 0.29) is 0 Å². The van der Waals surface area contributed by atoms with Gasteiger partial charge in [0.1, 0.15) is 16.9 Å². The van der Waals surface area contributed by atoms with Gasteiger partial charge in [0.15, 0.2) is 11.5 Å². The number of nitrogens with one attached hydrogen (secondary N) is 1. The normalized spacial score (nSPS) is 14.3. The third kappa shape index (κ3) is 5.68. The van der Waals surface area contributed by atoms with Gasteiger partial charge in [-0.05, 0) is 107 Å². The van der Waals surface area contributed by atoms with Crippen molar-refractivity contribution >= 4 is 23.1 Å². The number of imidazole rings is 1. The Morgan fingerprint density at radius 2 is 1.81 bits per heavy atom. The Labute approximate surface area is 251 Å². The molecule has 9 nitrogen and oxygen atoms in total. The lowest BCUT2D eigenvalue weighted by molar-refractivity contribution is 0.0377. The van der Waals surface area contributed by atoms with Gasteiger partial charge in [-0.3, -0.25) is 4.57 Å². The van der Waals surface area contributed by atoms with E-state index in [0.717, 1.165) is 59.3 Å². The first-order valence-electron chi connectivity index (χ1n) is 14.7. The second-order valence-electron chi connectivity index (χ2n) is 12.1. The van der Waals surface area contributed by atoms with Crippen molar-refractivity contribution in [3.63, 3.8) is 0 Å². The number of alkyl carbamates (subject to hydrolysis) is 1. The number of fused-ring (bicyclic) bond motifs is 1. The molecule has 0 saturated heterocycles. The standard InChI is InChI=1S/C34H37N7O2/c1-33(2,3)43-32(42)40-34(17-6-18-34)24-10-12-25(13-11-24)41-30(26-9-5-20-37-29(26)36)39-28-15-14-27(38-31(28)41)23-8-4-7-22(21-23)16-19-35/h4-5,7-15,20-21H,6,16-19,35H2,1-3H3,(H2,36,37)(H,40,42). The SMILES string of the molecule is CC(C)(C)OC(=O)NC1(c2ccc(-n3c(-c4cccnc4N)nc4ccc(-c5cccc(CCN)c5)nc43)cc2)CCC1. The number of amides is 1. The molecule has 2 aromatic carbocycles. The van der Waals surface area contributed by atoms with E-state index in [1.165, 1.54) is 5.56 Å². The van der Waals surface area contributed by atoms with Crippen LogP contribution in [0.4, 0.5) is 10.6 Å². The van der Waals surface area contributed by atoms with Gasteiger partial charge < -0.3 is 21.5 Å². The average molecular weight is 576 g/mol. The first-order valence-corrected chi connectivity index (χ1v) is 14.7. The van der Waals surface area contributed by atoms with Crippen molar-refractivity contribution in [3.05, 3.63) is 90.1 Å². The van der Waals surface area contributed by atoms with E-state index < -0.39 is 17.2 Å². The largest absolute Gasteiger partial charge is 0.444 e. The van der Waals surface area contributed by atoms with Crippen molar-refractivity contribution in [2.75, 3.05) is 12.3 Å². The predicted molar refractivity (Wildman–Crippen MR) is 170 cm³/mol. The van der Waals surface area contributed by atoms with E-state index in [0.29, 0.717) is 23.8 Å². The summed E-state index contributed by atoms with van der Waals surface area (Å²) in [7, 11) is 0. The first kappa shape index (κ1) is 28.4. The van der Waals surface area contributed by atoms with Crippen LogP contribution >= 0.6 is 0 Å². The minimum absolute atomic E-state index is 0.389. The third-order valence-corrected chi connectivity index (χ3v) is 7.87.